The highest BCUT2D eigenvalue weighted by atomic mass is 35.5. The topological polar surface area (TPSA) is 29.5 Å². The second-order valence-corrected chi connectivity index (χ2v) is 6.48. The summed E-state index contributed by atoms with van der Waals surface area (Å²) in [6.07, 6.45) is 3.62. The van der Waals surface area contributed by atoms with E-state index in [1.165, 1.54) is 19.3 Å². The number of ether oxygens (including phenoxy) is 1. The summed E-state index contributed by atoms with van der Waals surface area (Å²) in [7, 11) is 0. The SMILES string of the molecule is C[C@H](CN1[C@H](C)CCC[C@@H]1C)OC(=O)c1ccc(Cl)cc1. The molecule has 1 aromatic carbocycles. The molecule has 1 saturated heterocycles. The molecular formula is C17H24ClNO2. The molecule has 1 fully saturated rings. The van der Waals surface area contributed by atoms with Gasteiger partial charge in [0.2, 0.25) is 0 Å². The summed E-state index contributed by atoms with van der Waals surface area (Å²) in [4.78, 5) is 14.5. The normalized spacial score (nSPS) is 24.6. The fourth-order valence-corrected chi connectivity index (χ4v) is 3.13. The van der Waals surface area contributed by atoms with Crippen LogP contribution < -0.4 is 0 Å². The van der Waals surface area contributed by atoms with Crippen LogP contribution in [0.5, 0.6) is 0 Å². The van der Waals surface area contributed by atoms with E-state index in [1.54, 1.807) is 24.3 Å². The number of carbonyl (C=O) groups excluding carboxylic acids is 1. The first-order valence-electron chi connectivity index (χ1n) is 7.69. The molecule has 3 nitrogen and oxygen atoms in total. The number of carbonyl (C=O) groups is 1. The van der Waals surface area contributed by atoms with Crippen LogP contribution in [-0.2, 0) is 4.74 Å². The average molecular weight is 310 g/mol. The van der Waals surface area contributed by atoms with Gasteiger partial charge in [-0.3, -0.25) is 4.90 Å². The Morgan fingerprint density at radius 1 is 1.29 bits per heavy atom. The Balaban J connectivity index is 1.90. The van der Waals surface area contributed by atoms with Crippen molar-refractivity contribution in [2.45, 2.75) is 58.2 Å². The number of rotatable bonds is 4. The van der Waals surface area contributed by atoms with Crippen LogP contribution in [0.1, 0.15) is 50.4 Å². The molecule has 1 heterocycles. The second kappa shape index (κ2) is 7.28. The van der Waals surface area contributed by atoms with Gasteiger partial charge in [0.05, 0.1) is 5.56 Å². The lowest BCUT2D eigenvalue weighted by Crippen LogP contribution is -2.47. The van der Waals surface area contributed by atoms with Gasteiger partial charge in [0, 0.05) is 23.7 Å². The fourth-order valence-electron chi connectivity index (χ4n) is 3.01. The zero-order valence-electron chi connectivity index (χ0n) is 13.0. The molecule has 4 heteroatoms. The number of benzene rings is 1. The zero-order chi connectivity index (χ0) is 15.4. The van der Waals surface area contributed by atoms with Crippen LogP contribution in [0.3, 0.4) is 0 Å². The Hall–Kier alpha value is -1.06. The maximum Gasteiger partial charge on any atom is 0.338 e. The predicted molar refractivity (Wildman–Crippen MR) is 85.8 cm³/mol. The fraction of sp³-hybridized carbons (Fsp3) is 0.588. The molecule has 0 aliphatic carbocycles. The van der Waals surface area contributed by atoms with Crippen molar-refractivity contribution in [3.8, 4) is 0 Å². The standard InChI is InChI=1S/C17H24ClNO2/c1-12-5-4-6-13(2)19(12)11-14(3)21-17(20)15-7-9-16(18)10-8-15/h7-10,12-14H,4-6,11H2,1-3H3/t12-,13+,14-/m1/s1. The Morgan fingerprint density at radius 2 is 1.86 bits per heavy atom. The van der Waals surface area contributed by atoms with E-state index in [2.05, 4.69) is 18.7 Å². The van der Waals surface area contributed by atoms with E-state index in [9.17, 15) is 4.79 Å². The van der Waals surface area contributed by atoms with E-state index in [0.717, 1.165) is 6.54 Å². The Bertz CT molecular complexity index is 464. The van der Waals surface area contributed by atoms with Crippen LogP contribution in [0.4, 0.5) is 0 Å². The number of halogens is 1. The summed E-state index contributed by atoms with van der Waals surface area (Å²) in [6, 6.07) is 7.93. The molecule has 2 rings (SSSR count). The number of esters is 1. The highest BCUT2D eigenvalue weighted by Crippen LogP contribution is 2.23. The van der Waals surface area contributed by atoms with Crippen molar-refractivity contribution < 1.29 is 9.53 Å². The van der Waals surface area contributed by atoms with Crippen molar-refractivity contribution in [3.63, 3.8) is 0 Å². The van der Waals surface area contributed by atoms with Gasteiger partial charge in [-0.25, -0.2) is 4.79 Å². The molecule has 0 N–H and O–H groups in total. The third kappa shape index (κ3) is 4.45. The molecular weight excluding hydrogens is 286 g/mol. The summed E-state index contributed by atoms with van der Waals surface area (Å²) in [6.45, 7) is 7.26. The van der Waals surface area contributed by atoms with Crippen molar-refractivity contribution in [3.05, 3.63) is 34.9 Å². The van der Waals surface area contributed by atoms with Gasteiger partial charge in [-0.05, 0) is 57.9 Å². The Kier molecular flexibility index (Phi) is 5.65. The molecule has 0 saturated carbocycles. The minimum Gasteiger partial charge on any atom is -0.458 e. The van der Waals surface area contributed by atoms with Crippen molar-refractivity contribution in [2.24, 2.45) is 0 Å². The molecule has 0 aromatic heterocycles. The molecule has 0 bridgehead atoms. The third-order valence-corrected chi connectivity index (χ3v) is 4.48. The van der Waals surface area contributed by atoms with Crippen LogP contribution in [0.2, 0.25) is 5.02 Å². The first kappa shape index (κ1) is 16.3. The molecule has 1 aliphatic heterocycles. The molecule has 0 amide bonds. The van der Waals surface area contributed by atoms with E-state index >= 15 is 0 Å². The van der Waals surface area contributed by atoms with Gasteiger partial charge in [-0.15, -0.1) is 0 Å². The number of hydrogen-bond acceptors (Lipinski definition) is 3. The largest absolute Gasteiger partial charge is 0.458 e. The average Bonchev–Trinajstić information content (AvgIpc) is 2.43. The molecule has 0 unspecified atom stereocenters. The number of hydrogen-bond donors (Lipinski definition) is 0. The zero-order valence-corrected chi connectivity index (χ0v) is 13.8. The van der Waals surface area contributed by atoms with Crippen LogP contribution in [0, 0.1) is 0 Å². The Labute approximate surface area is 132 Å². The lowest BCUT2D eigenvalue weighted by molar-refractivity contribution is 0.00812. The summed E-state index contributed by atoms with van der Waals surface area (Å²) < 4.78 is 5.55. The van der Waals surface area contributed by atoms with Gasteiger partial charge in [-0.2, -0.15) is 0 Å². The van der Waals surface area contributed by atoms with E-state index in [0.29, 0.717) is 22.7 Å². The summed E-state index contributed by atoms with van der Waals surface area (Å²) in [5, 5.41) is 0.621. The van der Waals surface area contributed by atoms with E-state index < -0.39 is 0 Å². The molecule has 0 spiro atoms. The van der Waals surface area contributed by atoms with Gasteiger partial charge < -0.3 is 4.74 Å². The lowest BCUT2D eigenvalue weighted by atomic mass is 9.97. The molecule has 1 aliphatic rings. The van der Waals surface area contributed by atoms with Crippen LogP contribution in [-0.4, -0.2) is 35.6 Å². The van der Waals surface area contributed by atoms with E-state index in [4.69, 9.17) is 16.3 Å². The maximum absolute atomic E-state index is 12.1. The number of nitrogens with zero attached hydrogens (tertiary/aromatic N) is 1. The monoisotopic (exact) mass is 309 g/mol. The first-order valence-corrected chi connectivity index (χ1v) is 8.07. The minimum absolute atomic E-state index is 0.115. The number of likely N-dealkylation sites (tertiary alicyclic amines) is 1. The molecule has 1 aromatic rings. The molecule has 0 radical (unpaired) electrons. The highest BCUT2D eigenvalue weighted by molar-refractivity contribution is 6.30. The van der Waals surface area contributed by atoms with Crippen LogP contribution >= 0.6 is 11.6 Å². The minimum atomic E-state index is -0.281. The van der Waals surface area contributed by atoms with Gasteiger partial charge in [0.15, 0.2) is 0 Å². The third-order valence-electron chi connectivity index (χ3n) is 4.23. The van der Waals surface area contributed by atoms with Crippen molar-refractivity contribution in [1.29, 1.82) is 0 Å². The smallest absolute Gasteiger partial charge is 0.338 e. The second-order valence-electron chi connectivity index (χ2n) is 6.05. The summed E-state index contributed by atoms with van der Waals surface area (Å²) in [5.41, 5.74) is 0.547. The predicted octanol–water partition coefficient (Wildman–Crippen LogP) is 4.15. The first-order chi connectivity index (χ1) is 9.97. The lowest BCUT2D eigenvalue weighted by Gasteiger charge is -2.40. The van der Waals surface area contributed by atoms with Crippen LogP contribution in [0.25, 0.3) is 0 Å². The quantitative estimate of drug-likeness (QED) is 0.783. The van der Waals surface area contributed by atoms with Crippen molar-refractivity contribution in [1.82, 2.24) is 4.90 Å². The van der Waals surface area contributed by atoms with Crippen LogP contribution in [0.15, 0.2) is 24.3 Å². The van der Waals surface area contributed by atoms with Gasteiger partial charge in [0.1, 0.15) is 6.10 Å². The maximum atomic E-state index is 12.1. The summed E-state index contributed by atoms with van der Waals surface area (Å²) >= 11 is 5.82. The molecule has 116 valence electrons. The van der Waals surface area contributed by atoms with Crippen molar-refractivity contribution >= 4 is 17.6 Å². The van der Waals surface area contributed by atoms with E-state index in [-0.39, 0.29) is 12.1 Å². The highest BCUT2D eigenvalue weighted by Gasteiger charge is 2.26. The van der Waals surface area contributed by atoms with Gasteiger partial charge >= 0.3 is 5.97 Å². The molecule has 3 atom stereocenters. The van der Waals surface area contributed by atoms with Gasteiger partial charge in [0.25, 0.3) is 0 Å². The molecule has 21 heavy (non-hydrogen) atoms. The van der Waals surface area contributed by atoms with E-state index in [1.807, 2.05) is 6.92 Å². The number of piperidine rings is 1. The summed E-state index contributed by atoms with van der Waals surface area (Å²) in [5.74, 6) is -0.281. The van der Waals surface area contributed by atoms with Crippen molar-refractivity contribution in [2.75, 3.05) is 6.54 Å². The Morgan fingerprint density at radius 3 is 2.43 bits per heavy atom. The van der Waals surface area contributed by atoms with Gasteiger partial charge in [-0.1, -0.05) is 18.0 Å².